The van der Waals surface area contributed by atoms with E-state index >= 15 is 0 Å². The molecule has 0 amide bonds. The normalized spacial score (nSPS) is 23.0. The van der Waals surface area contributed by atoms with Crippen LogP contribution in [0.4, 0.5) is 5.69 Å². The van der Waals surface area contributed by atoms with Crippen molar-refractivity contribution in [2.45, 2.75) is 45.1 Å². The minimum atomic E-state index is 0.690. The van der Waals surface area contributed by atoms with Gasteiger partial charge in [0.05, 0.1) is 0 Å². The van der Waals surface area contributed by atoms with Crippen LogP contribution in [-0.2, 0) is 6.54 Å². The number of nitrogen functional groups attached to an aromatic ring is 1. The third kappa shape index (κ3) is 2.90. The molecule has 1 aliphatic carbocycles. The minimum Gasteiger partial charge on any atom is -0.399 e. The quantitative estimate of drug-likeness (QED) is 0.826. The van der Waals surface area contributed by atoms with Gasteiger partial charge in [0, 0.05) is 17.3 Å². The van der Waals surface area contributed by atoms with E-state index in [-0.39, 0.29) is 0 Å². The highest BCUT2D eigenvalue weighted by atomic mass is 35.5. The van der Waals surface area contributed by atoms with Crippen LogP contribution in [0.1, 0.15) is 44.1 Å². The maximum Gasteiger partial charge on any atom is 0.0452 e. The molecule has 0 unspecified atom stereocenters. The molecular weight excluding hydrogens is 256 g/mol. The van der Waals surface area contributed by atoms with Crippen molar-refractivity contribution < 1.29 is 0 Å². The number of benzene rings is 1. The van der Waals surface area contributed by atoms with E-state index in [9.17, 15) is 0 Å². The molecule has 1 saturated heterocycles. The van der Waals surface area contributed by atoms with Gasteiger partial charge in [0.2, 0.25) is 0 Å². The summed E-state index contributed by atoms with van der Waals surface area (Å²) in [6.45, 7) is 3.37. The Morgan fingerprint density at radius 1 is 1.11 bits per heavy atom. The van der Waals surface area contributed by atoms with Crippen LogP contribution in [0, 0.1) is 5.41 Å². The average Bonchev–Trinajstić information content (AvgIpc) is 2.85. The van der Waals surface area contributed by atoms with Gasteiger partial charge in [0.25, 0.3) is 0 Å². The first kappa shape index (κ1) is 13.3. The molecular formula is C16H23ClN2. The van der Waals surface area contributed by atoms with E-state index in [0.717, 1.165) is 17.3 Å². The standard InChI is InChI=1S/C16H23ClN2/c17-15-4-3-14(18)11-13(15)12-19-9-7-16(8-10-19)5-1-2-6-16/h3-4,11H,1-2,5-10,12,18H2. The second-order valence-corrected chi connectivity index (χ2v) is 6.74. The largest absolute Gasteiger partial charge is 0.399 e. The summed E-state index contributed by atoms with van der Waals surface area (Å²) >= 11 is 6.25. The zero-order chi connectivity index (χ0) is 13.3. The number of halogens is 1. The lowest BCUT2D eigenvalue weighted by molar-refractivity contribution is 0.104. The Balaban J connectivity index is 1.61. The van der Waals surface area contributed by atoms with Crippen LogP contribution in [-0.4, -0.2) is 18.0 Å². The number of hydrogen-bond acceptors (Lipinski definition) is 2. The highest BCUT2D eigenvalue weighted by Gasteiger charge is 2.36. The fraction of sp³-hybridized carbons (Fsp3) is 0.625. The van der Waals surface area contributed by atoms with E-state index in [1.165, 1.54) is 57.2 Å². The Morgan fingerprint density at radius 2 is 1.79 bits per heavy atom. The maximum atomic E-state index is 6.25. The molecule has 1 heterocycles. The molecule has 2 N–H and O–H groups in total. The van der Waals surface area contributed by atoms with Gasteiger partial charge in [-0.25, -0.2) is 0 Å². The minimum absolute atomic E-state index is 0.690. The van der Waals surface area contributed by atoms with Gasteiger partial charge in [-0.1, -0.05) is 24.4 Å². The lowest BCUT2D eigenvalue weighted by Crippen LogP contribution is -2.38. The molecule has 3 rings (SSSR count). The van der Waals surface area contributed by atoms with Crippen LogP contribution in [0.15, 0.2) is 18.2 Å². The topological polar surface area (TPSA) is 29.3 Å². The van der Waals surface area contributed by atoms with E-state index < -0.39 is 0 Å². The first-order valence-corrected chi connectivity index (χ1v) is 7.81. The summed E-state index contributed by atoms with van der Waals surface area (Å²) in [5.74, 6) is 0. The van der Waals surface area contributed by atoms with Gasteiger partial charge in [0.1, 0.15) is 0 Å². The van der Waals surface area contributed by atoms with Crippen molar-refractivity contribution in [2.75, 3.05) is 18.8 Å². The molecule has 1 aromatic carbocycles. The van der Waals surface area contributed by atoms with Gasteiger partial charge in [-0.15, -0.1) is 0 Å². The van der Waals surface area contributed by atoms with Crippen LogP contribution >= 0.6 is 11.6 Å². The molecule has 1 saturated carbocycles. The van der Waals surface area contributed by atoms with Crippen LogP contribution in [0.5, 0.6) is 0 Å². The molecule has 19 heavy (non-hydrogen) atoms. The monoisotopic (exact) mass is 278 g/mol. The highest BCUT2D eigenvalue weighted by Crippen LogP contribution is 2.46. The lowest BCUT2D eigenvalue weighted by Gasteiger charge is -2.39. The van der Waals surface area contributed by atoms with Gasteiger partial charge in [-0.05, 0) is 68.0 Å². The van der Waals surface area contributed by atoms with Crippen LogP contribution < -0.4 is 5.73 Å². The molecule has 2 aliphatic rings. The van der Waals surface area contributed by atoms with E-state index in [2.05, 4.69) is 4.90 Å². The Hall–Kier alpha value is -0.730. The summed E-state index contributed by atoms with van der Waals surface area (Å²) in [4.78, 5) is 2.53. The molecule has 1 aromatic rings. The number of hydrogen-bond donors (Lipinski definition) is 1. The second-order valence-electron chi connectivity index (χ2n) is 6.33. The van der Waals surface area contributed by atoms with Crippen molar-refractivity contribution in [1.29, 1.82) is 0 Å². The summed E-state index contributed by atoms with van der Waals surface area (Å²) in [6.07, 6.45) is 8.54. The molecule has 0 atom stereocenters. The molecule has 3 heteroatoms. The van der Waals surface area contributed by atoms with E-state index in [0.29, 0.717) is 5.41 Å². The Kier molecular flexibility index (Phi) is 3.72. The zero-order valence-corrected chi connectivity index (χ0v) is 12.3. The smallest absolute Gasteiger partial charge is 0.0452 e. The van der Waals surface area contributed by atoms with E-state index in [1.807, 2.05) is 18.2 Å². The summed E-state index contributed by atoms with van der Waals surface area (Å²) in [5, 5.41) is 0.843. The SMILES string of the molecule is Nc1ccc(Cl)c(CN2CCC3(CCCC3)CC2)c1. The van der Waals surface area contributed by atoms with Gasteiger partial charge in [0.15, 0.2) is 0 Å². The number of likely N-dealkylation sites (tertiary alicyclic amines) is 1. The van der Waals surface area contributed by atoms with Crippen molar-refractivity contribution in [2.24, 2.45) is 5.41 Å². The summed E-state index contributed by atoms with van der Waals surface area (Å²) < 4.78 is 0. The predicted octanol–water partition coefficient (Wildman–Crippen LogP) is 4.08. The fourth-order valence-corrected chi connectivity index (χ4v) is 3.94. The van der Waals surface area contributed by atoms with Gasteiger partial charge >= 0.3 is 0 Å². The summed E-state index contributed by atoms with van der Waals surface area (Å²) in [7, 11) is 0. The summed E-state index contributed by atoms with van der Waals surface area (Å²) in [6, 6.07) is 5.80. The molecule has 0 aromatic heterocycles. The number of nitrogens with two attached hydrogens (primary N) is 1. The molecule has 0 radical (unpaired) electrons. The van der Waals surface area contributed by atoms with Gasteiger partial charge < -0.3 is 5.73 Å². The number of piperidine rings is 1. The molecule has 1 spiro atoms. The number of rotatable bonds is 2. The molecule has 2 fully saturated rings. The van der Waals surface area contributed by atoms with Crippen molar-refractivity contribution in [3.63, 3.8) is 0 Å². The third-order valence-electron chi connectivity index (χ3n) is 5.04. The van der Waals surface area contributed by atoms with E-state index in [1.54, 1.807) is 0 Å². The van der Waals surface area contributed by atoms with Crippen molar-refractivity contribution in [1.82, 2.24) is 4.90 Å². The lowest BCUT2D eigenvalue weighted by atomic mass is 9.77. The van der Waals surface area contributed by atoms with Gasteiger partial charge in [-0.3, -0.25) is 4.90 Å². The van der Waals surface area contributed by atoms with E-state index in [4.69, 9.17) is 17.3 Å². The highest BCUT2D eigenvalue weighted by molar-refractivity contribution is 6.31. The van der Waals surface area contributed by atoms with Gasteiger partial charge in [-0.2, -0.15) is 0 Å². The number of nitrogens with zero attached hydrogens (tertiary/aromatic N) is 1. The average molecular weight is 279 g/mol. The molecule has 0 bridgehead atoms. The molecule has 104 valence electrons. The van der Waals surface area contributed by atoms with Crippen molar-refractivity contribution in [3.8, 4) is 0 Å². The van der Waals surface area contributed by atoms with Crippen LogP contribution in [0.3, 0.4) is 0 Å². The maximum absolute atomic E-state index is 6.25. The number of anilines is 1. The first-order valence-electron chi connectivity index (χ1n) is 7.43. The van der Waals surface area contributed by atoms with Crippen molar-refractivity contribution in [3.05, 3.63) is 28.8 Å². The first-order chi connectivity index (χ1) is 9.17. The summed E-state index contributed by atoms with van der Waals surface area (Å²) in [5.41, 5.74) is 8.52. The van der Waals surface area contributed by atoms with Crippen LogP contribution in [0.25, 0.3) is 0 Å². The zero-order valence-electron chi connectivity index (χ0n) is 11.5. The van der Waals surface area contributed by atoms with Crippen LogP contribution in [0.2, 0.25) is 5.02 Å². The Morgan fingerprint density at radius 3 is 2.47 bits per heavy atom. The fourth-order valence-electron chi connectivity index (χ4n) is 3.77. The molecule has 1 aliphatic heterocycles. The second kappa shape index (κ2) is 5.34. The Labute approximate surface area is 120 Å². The Bertz CT molecular complexity index is 442. The van der Waals surface area contributed by atoms with Crippen molar-refractivity contribution >= 4 is 17.3 Å². The predicted molar refractivity (Wildman–Crippen MR) is 81.3 cm³/mol. The molecule has 2 nitrogen and oxygen atoms in total. The third-order valence-corrected chi connectivity index (χ3v) is 5.41.